The zero-order valence-electron chi connectivity index (χ0n) is 16.0. The van der Waals surface area contributed by atoms with Gasteiger partial charge in [-0.1, -0.05) is 12.1 Å². The smallest absolute Gasteiger partial charge is 0.242 e. The Bertz CT molecular complexity index is 973. The van der Waals surface area contributed by atoms with Gasteiger partial charge in [0.2, 0.25) is 10.0 Å². The van der Waals surface area contributed by atoms with E-state index in [1.54, 1.807) is 24.3 Å². The molecule has 1 heterocycles. The number of hydrogen-bond donors (Lipinski definition) is 0. The SMILES string of the molecule is CN(C)S(=O)(=O)c1ccc(C2C3=C(CCCC3=O)OC3=C2C(=O)CCC3)cc1. The predicted molar refractivity (Wildman–Crippen MR) is 103 cm³/mol. The lowest BCUT2D eigenvalue weighted by Crippen LogP contribution is -2.30. The first-order valence-electron chi connectivity index (χ1n) is 9.53. The maximum absolute atomic E-state index is 12.7. The number of allylic oxidation sites excluding steroid dienone is 4. The molecule has 7 heteroatoms. The molecule has 0 atom stereocenters. The van der Waals surface area contributed by atoms with Crippen molar-refractivity contribution in [1.82, 2.24) is 4.31 Å². The molecule has 0 bridgehead atoms. The van der Waals surface area contributed by atoms with Gasteiger partial charge in [0, 0.05) is 56.8 Å². The molecule has 0 radical (unpaired) electrons. The molecule has 0 spiro atoms. The van der Waals surface area contributed by atoms with Gasteiger partial charge < -0.3 is 4.74 Å². The van der Waals surface area contributed by atoms with Crippen molar-refractivity contribution in [3.8, 4) is 0 Å². The van der Waals surface area contributed by atoms with Gasteiger partial charge in [-0.15, -0.1) is 0 Å². The summed E-state index contributed by atoms with van der Waals surface area (Å²) in [6.45, 7) is 0. The highest BCUT2D eigenvalue weighted by Gasteiger charge is 2.41. The van der Waals surface area contributed by atoms with Gasteiger partial charge in [-0.05, 0) is 30.5 Å². The number of carbonyl (C=O) groups excluding carboxylic acids is 2. The predicted octanol–water partition coefficient (Wildman–Crippen LogP) is 3.06. The Balaban J connectivity index is 1.83. The number of rotatable bonds is 3. The van der Waals surface area contributed by atoms with E-state index < -0.39 is 15.9 Å². The maximum atomic E-state index is 12.7. The molecule has 0 saturated carbocycles. The largest absolute Gasteiger partial charge is 0.465 e. The molecule has 0 fully saturated rings. The molecule has 28 heavy (non-hydrogen) atoms. The Morgan fingerprint density at radius 3 is 1.82 bits per heavy atom. The average molecular weight is 401 g/mol. The number of ether oxygens (including phenoxy) is 1. The van der Waals surface area contributed by atoms with Crippen LogP contribution in [0.15, 0.2) is 51.8 Å². The topological polar surface area (TPSA) is 80.8 Å². The molecular formula is C21H23NO5S. The normalized spacial score (nSPS) is 21.0. The number of benzene rings is 1. The minimum atomic E-state index is -3.54. The van der Waals surface area contributed by atoms with E-state index in [9.17, 15) is 18.0 Å². The molecule has 0 saturated heterocycles. The molecule has 0 unspecified atom stereocenters. The van der Waals surface area contributed by atoms with Gasteiger partial charge >= 0.3 is 0 Å². The van der Waals surface area contributed by atoms with Crippen molar-refractivity contribution in [3.63, 3.8) is 0 Å². The molecule has 0 amide bonds. The molecular weight excluding hydrogens is 378 g/mol. The lowest BCUT2D eigenvalue weighted by Gasteiger charge is -2.36. The van der Waals surface area contributed by atoms with Crippen molar-refractivity contribution in [2.75, 3.05) is 14.1 Å². The summed E-state index contributed by atoms with van der Waals surface area (Å²) >= 11 is 0. The number of ketones is 2. The minimum Gasteiger partial charge on any atom is -0.465 e. The summed E-state index contributed by atoms with van der Waals surface area (Å²) in [5.74, 6) is 0.928. The van der Waals surface area contributed by atoms with Gasteiger partial charge in [0.05, 0.1) is 4.90 Å². The Labute approximate surface area is 164 Å². The van der Waals surface area contributed by atoms with E-state index in [4.69, 9.17) is 4.74 Å². The molecule has 1 aromatic carbocycles. The van der Waals surface area contributed by atoms with Crippen LogP contribution in [0.4, 0.5) is 0 Å². The Kier molecular flexibility index (Phi) is 4.75. The second kappa shape index (κ2) is 6.97. The summed E-state index contributed by atoms with van der Waals surface area (Å²) in [6.07, 6.45) is 3.78. The van der Waals surface area contributed by atoms with Crippen LogP contribution in [0.5, 0.6) is 0 Å². The molecule has 4 rings (SSSR count). The Hall–Kier alpha value is -2.25. The third-order valence-electron chi connectivity index (χ3n) is 5.63. The molecule has 1 aromatic rings. The average Bonchev–Trinajstić information content (AvgIpc) is 2.67. The van der Waals surface area contributed by atoms with Crippen molar-refractivity contribution in [2.24, 2.45) is 0 Å². The fourth-order valence-electron chi connectivity index (χ4n) is 4.19. The summed E-state index contributed by atoms with van der Waals surface area (Å²) < 4.78 is 31.9. The molecule has 0 aromatic heterocycles. The first-order chi connectivity index (χ1) is 13.3. The first-order valence-corrected chi connectivity index (χ1v) is 11.0. The quantitative estimate of drug-likeness (QED) is 0.778. The van der Waals surface area contributed by atoms with Gasteiger partial charge in [0.15, 0.2) is 11.6 Å². The van der Waals surface area contributed by atoms with Crippen LogP contribution in [0.3, 0.4) is 0 Å². The van der Waals surface area contributed by atoms with Gasteiger partial charge in [0.1, 0.15) is 11.5 Å². The Morgan fingerprint density at radius 1 is 0.857 bits per heavy atom. The zero-order chi connectivity index (χ0) is 20.1. The van der Waals surface area contributed by atoms with Crippen LogP contribution in [-0.2, 0) is 24.3 Å². The van der Waals surface area contributed by atoms with Crippen molar-refractivity contribution in [2.45, 2.75) is 49.3 Å². The monoisotopic (exact) mass is 401 g/mol. The van der Waals surface area contributed by atoms with E-state index in [1.807, 2.05) is 0 Å². The minimum absolute atomic E-state index is 0.0150. The zero-order valence-corrected chi connectivity index (χ0v) is 16.8. The lowest BCUT2D eigenvalue weighted by atomic mass is 9.73. The summed E-state index contributed by atoms with van der Waals surface area (Å²) in [7, 11) is -0.575. The second-order valence-corrected chi connectivity index (χ2v) is 9.77. The highest BCUT2D eigenvalue weighted by molar-refractivity contribution is 7.89. The van der Waals surface area contributed by atoms with E-state index in [-0.39, 0.29) is 16.5 Å². The highest BCUT2D eigenvalue weighted by atomic mass is 32.2. The standard InChI is InChI=1S/C21H23NO5S/c1-22(2)28(25,26)14-11-9-13(10-12-14)19-20-15(23)5-3-7-17(20)27-18-8-4-6-16(24)21(18)19/h9-12,19H,3-8H2,1-2H3. The summed E-state index contributed by atoms with van der Waals surface area (Å²) in [4.78, 5) is 25.7. The van der Waals surface area contributed by atoms with Crippen LogP contribution in [-0.4, -0.2) is 38.4 Å². The summed E-state index contributed by atoms with van der Waals surface area (Å²) in [6, 6.07) is 6.51. The van der Waals surface area contributed by atoms with Crippen LogP contribution in [0.1, 0.15) is 50.0 Å². The fourth-order valence-corrected chi connectivity index (χ4v) is 5.10. The number of carbonyl (C=O) groups is 2. The number of sulfonamides is 1. The molecule has 1 aliphatic heterocycles. The summed E-state index contributed by atoms with van der Waals surface area (Å²) in [5.41, 5.74) is 1.90. The maximum Gasteiger partial charge on any atom is 0.242 e. The third-order valence-corrected chi connectivity index (χ3v) is 7.46. The number of nitrogens with zero attached hydrogens (tertiary/aromatic N) is 1. The highest BCUT2D eigenvalue weighted by Crippen LogP contribution is 2.47. The van der Waals surface area contributed by atoms with E-state index in [0.29, 0.717) is 48.3 Å². The Morgan fingerprint density at radius 2 is 1.36 bits per heavy atom. The lowest BCUT2D eigenvalue weighted by molar-refractivity contribution is -0.117. The molecule has 6 nitrogen and oxygen atoms in total. The van der Waals surface area contributed by atoms with E-state index in [1.165, 1.54) is 14.1 Å². The van der Waals surface area contributed by atoms with Crippen molar-refractivity contribution in [3.05, 3.63) is 52.5 Å². The van der Waals surface area contributed by atoms with Crippen LogP contribution >= 0.6 is 0 Å². The molecule has 148 valence electrons. The fraction of sp³-hybridized carbons (Fsp3) is 0.429. The molecule has 3 aliphatic rings. The van der Waals surface area contributed by atoms with Crippen molar-refractivity contribution in [1.29, 1.82) is 0 Å². The van der Waals surface area contributed by atoms with Crippen LogP contribution in [0.2, 0.25) is 0 Å². The van der Waals surface area contributed by atoms with Crippen LogP contribution in [0, 0.1) is 0 Å². The van der Waals surface area contributed by atoms with Crippen LogP contribution in [0.25, 0.3) is 0 Å². The third kappa shape index (κ3) is 3.02. The van der Waals surface area contributed by atoms with Crippen molar-refractivity contribution >= 4 is 21.6 Å². The second-order valence-electron chi connectivity index (χ2n) is 7.62. The van der Waals surface area contributed by atoms with Crippen LogP contribution < -0.4 is 0 Å². The summed E-state index contributed by atoms with van der Waals surface area (Å²) in [5, 5.41) is 0. The van der Waals surface area contributed by atoms with Gasteiger partial charge in [0.25, 0.3) is 0 Å². The van der Waals surface area contributed by atoms with Gasteiger partial charge in [-0.2, -0.15) is 0 Å². The van der Waals surface area contributed by atoms with E-state index >= 15 is 0 Å². The van der Waals surface area contributed by atoms with E-state index in [2.05, 4.69) is 0 Å². The molecule has 0 N–H and O–H groups in total. The number of Topliss-reactive ketones (excluding diaryl/α,β-unsaturated/α-hetero) is 2. The first kappa shape index (κ1) is 19.1. The van der Waals surface area contributed by atoms with Gasteiger partial charge in [-0.25, -0.2) is 12.7 Å². The number of hydrogen-bond acceptors (Lipinski definition) is 5. The van der Waals surface area contributed by atoms with Gasteiger partial charge in [-0.3, -0.25) is 9.59 Å². The van der Waals surface area contributed by atoms with E-state index in [0.717, 1.165) is 22.7 Å². The molecule has 2 aliphatic carbocycles. The van der Waals surface area contributed by atoms with Crippen molar-refractivity contribution < 1.29 is 22.7 Å².